The molecule has 0 bridgehead atoms. The van der Waals surface area contributed by atoms with Gasteiger partial charge >= 0.3 is 0 Å². The van der Waals surface area contributed by atoms with Crippen molar-refractivity contribution in [2.75, 3.05) is 5.32 Å². The number of carbonyl (C=O) groups is 1. The third-order valence-corrected chi connectivity index (χ3v) is 4.49. The number of rotatable bonds is 3. The summed E-state index contributed by atoms with van der Waals surface area (Å²) in [6.07, 6.45) is 3.99. The molecule has 4 nitrogen and oxygen atoms in total. The van der Waals surface area contributed by atoms with Gasteiger partial charge in [-0.15, -0.1) is 0 Å². The van der Waals surface area contributed by atoms with E-state index in [1.54, 1.807) is 6.20 Å². The number of likely N-dealkylation sites (tertiary alicyclic amines) is 1. The number of aromatic nitrogens is 1. The summed E-state index contributed by atoms with van der Waals surface area (Å²) >= 11 is 3.39. The van der Waals surface area contributed by atoms with Crippen LogP contribution < -0.4 is 5.32 Å². The van der Waals surface area contributed by atoms with Crippen LogP contribution in [0.1, 0.15) is 33.6 Å². The summed E-state index contributed by atoms with van der Waals surface area (Å²) in [6, 6.07) is 4.48. The minimum atomic E-state index is -0.138. The summed E-state index contributed by atoms with van der Waals surface area (Å²) < 4.78 is 0.804. The van der Waals surface area contributed by atoms with Gasteiger partial charge in [0.1, 0.15) is 5.82 Å². The van der Waals surface area contributed by atoms with Crippen LogP contribution in [-0.2, 0) is 4.79 Å². The lowest BCUT2D eigenvalue weighted by molar-refractivity contribution is -0.121. The van der Waals surface area contributed by atoms with Crippen LogP contribution in [0.5, 0.6) is 0 Å². The molecule has 1 fully saturated rings. The van der Waals surface area contributed by atoms with Crippen molar-refractivity contribution in [2.45, 2.75) is 51.7 Å². The summed E-state index contributed by atoms with van der Waals surface area (Å²) in [5.74, 6) is 0.582. The average Bonchev–Trinajstić information content (AvgIpc) is 2.71. The predicted molar refractivity (Wildman–Crippen MR) is 80.0 cm³/mol. The molecule has 0 radical (unpaired) electrons. The van der Waals surface area contributed by atoms with E-state index < -0.39 is 0 Å². The second kappa shape index (κ2) is 6.01. The molecule has 2 rings (SSSR count). The van der Waals surface area contributed by atoms with Crippen LogP contribution in [0.2, 0.25) is 0 Å². The molecule has 3 atom stereocenters. The van der Waals surface area contributed by atoms with E-state index in [1.807, 2.05) is 19.1 Å². The Labute approximate surface area is 122 Å². The zero-order valence-electron chi connectivity index (χ0n) is 11.6. The third kappa shape index (κ3) is 3.15. The maximum atomic E-state index is 12.3. The molecule has 5 heteroatoms. The minimum absolute atomic E-state index is 0.000000000000000222. The molecule has 1 N–H and O–H groups in total. The second-order valence-corrected chi connectivity index (χ2v) is 6.08. The van der Waals surface area contributed by atoms with Crippen LogP contribution in [0.15, 0.2) is 22.8 Å². The van der Waals surface area contributed by atoms with Gasteiger partial charge in [-0.25, -0.2) is 4.98 Å². The lowest BCUT2D eigenvalue weighted by Gasteiger charge is -2.31. The second-order valence-electron chi connectivity index (χ2n) is 5.22. The summed E-state index contributed by atoms with van der Waals surface area (Å²) in [4.78, 5) is 18.8. The molecule has 1 amide bonds. The van der Waals surface area contributed by atoms with Crippen molar-refractivity contribution in [3.8, 4) is 0 Å². The van der Waals surface area contributed by atoms with E-state index in [-0.39, 0.29) is 11.9 Å². The Hall–Kier alpha value is -0.940. The topological polar surface area (TPSA) is 45.2 Å². The Balaban J connectivity index is 2.06. The quantitative estimate of drug-likeness (QED) is 0.929. The van der Waals surface area contributed by atoms with Crippen LogP contribution in [0.25, 0.3) is 0 Å². The van der Waals surface area contributed by atoms with Gasteiger partial charge in [-0.2, -0.15) is 0 Å². The van der Waals surface area contributed by atoms with Gasteiger partial charge in [0.2, 0.25) is 5.91 Å². The van der Waals surface area contributed by atoms with Gasteiger partial charge in [-0.3, -0.25) is 9.69 Å². The largest absolute Gasteiger partial charge is 0.308 e. The van der Waals surface area contributed by atoms with Crippen LogP contribution in [-0.4, -0.2) is 33.9 Å². The zero-order valence-corrected chi connectivity index (χ0v) is 13.1. The Morgan fingerprint density at radius 2 is 2.11 bits per heavy atom. The lowest BCUT2D eigenvalue weighted by atomic mass is 10.2. The van der Waals surface area contributed by atoms with Gasteiger partial charge in [-0.1, -0.05) is 0 Å². The van der Waals surface area contributed by atoms with E-state index in [9.17, 15) is 4.79 Å². The number of amides is 1. The number of halogens is 1. The molecular weight excluding hydrogens is 306 g/mol. The molecule has 1 aromatic rings. The molecule has 0 aromatic carbocycles. The molecule has 1 aliphatic rings. The van der Waals surface area contributed by atoms with Crippen molar-refractivity contribution < 1.29 is 4.79 Å². The smallest absolute Gasteiger partial charge is 0.242 e. The first-order chi connectivity index (χ1) is 9.00. The molecule has 104 valence electrons. The van der Waals surface area contributed by atoms with Crippen molar-refractivity contribution >= 4 is 27.7 Å². The standard InChI is InChI=1S/C14H20BrN3O/c1-9-6-7-10(2)18(9)11(3)14(19)17-13-12(15)5-4-8-16-13/h4-5,8-11H,6-7H2,1-3H3,(H,16,17,19). The molecule has 1 aliphatic heterocycles. The monoisotopic (exact) mass is 325 g/mol. The molecular formula is C14H20BrN3O. The summed E-state index contributed by atoms with van der Waals surface area (Å²) in [7, 11) is 0. The lowest BCUT2D eigenvalue weighted by Crippen LogP contribution is -2.47. The molecule has 19 heavy (non-hydrogen) atoms. The summed E-state index contributed by atoms with van der Waals surface area (Å²) in [6.45, 7) is 6.33. The van der Waals surface area contributed by atoms with Crippen LogP contribution in [0.3, 0.4) is 0 Å². The highest BCUT2D eigenvalue weighted by atomic mass is 79.9. The molecule has 0 spiro atoms. The number of hydrogen-bond donors (Lipinski definition) is 1. The molecule has 0 aliphatic carbocycles. The molecule has 1 saturated heterocycles. The van der Waals surface area contributed by atoms with Gasteiger partial charge in [0.05, 0.1) is 10.5 Å². The number of nitrogens with zero attached hydrogens (tertiary/aromatic N) is 2. The van der Waals surface area contributed by atoms with Gasteiger partial charge in [0.15, 0.2) is 0 Å². The van der Waals surface area contributed by atoms with E-state index in [4.69, 9.17) is 0 Å². The number of pyridine rings is 1. The first-order valence-corrected chi connectivity index (χ1v) is 7.49. The third-order valence-electron chi connectivity index (χ3n) is 3.85. The van der Waals surface area contributed by atoms with E-state index in [1.165, 1.54) is 0 Å². The van der Waals surface area contributed by atoms with Crippen LogP contribution in [0, 0.1) is 0 Å². The Morgan fingerprint density at radius 3 is 2.68 bits per heavy atom. The molecule has 3 unspecified atom stereocenters. The average molecular weight is 326 g/mol. The first-order valence-electron chi connectivity index (χ1n) is 6.69. The van der Waals surface area contributed by atoms with Gasteiger partial charge < -0.3 is 5.32 Å². The van der Waals surface area contributed by atoms with Crippen molar-refractivity contribution in [2.24, 2.45) is 0 Å². The van der Waals surface area contributed by atoms with E-state index in [2.05, 4.69) is 45.0 Å². The number of nitrogens with one attached hydrogen (secondary N) is 1. The fourth-order valence-corrected chi connectivity index (χ4v) is 3.17. The SMILES string of the molecule is CC1CCC(C)N1C(C)C(=O)Nc1ncccc1Br. The highest BCUT2D eigenvalue weighted by molar-refractivity contribution is 9.10. The normalized spacial score (nSPS) is 25.3. The van der Waals surface area contributed by atoms with Gasteiger partial charge in [-0.05, 0) is 61.7 Å². The maximum absolute atomic E-state index is 12.3. The maximum Gasteiger partial charge on any atom is 0.242 e. The van der Waals surface area contributed by atoms with Crippen LogP contribution in [0.4, 0.5) is 5.82 Å². The van der Waals surface area contributed by atoms with Crippen molar-refractivity contribution in [3.63, 3.8) is 0 Å². The van der Waals surface area contributed by atoms with Crippen molar-refractivity contribution in [1.82, 2.24) is 9.88 Å². The summed E-state index contributed by atoms with van der Waals surface area (Å²) in [5, 5.41) is 2.89. The molecule has 1 aromatic heterocycles. The van der Waals surface area contributed by atoms with Crippen LogP contribution >= 0.6 is 15.9 Å². The zero-order chi connectivity index (χ0) is 14.0. The molecule has 0 saturated carbocycles. The fraction of sp³-hybridized carbons (Fsp3) is 0.571. The number of hydrogen-bond acceptors (Lipinski definition) is 3. The Morgan fingerprint density at radius 1 is 1.47 bits per heavy atom. The Bertz CT molecular complexity index is 456. The number of anilines is 1. The van der Waals surface area contributed by atoms with Gasteiger partial charge in [0.25, 0.3) is 0 Å². The highest BCUT2D eigenvalue weighted by Gasteiger charge is 2.34. The first kappa shape index (κ1) is 14.5. The fourth-order valence-electron chi connectivity index (χ4n) is 2.81. The molecule has 2 heterocycles. The van der Waals surface area contributed by atoms with Crippen molar-refractivity contribution in [3.05, 3.63) is 22.8 Å². The predicted octanol–water partition coefficient (Wildman–Crippen LogP) is 3.04. The van der Waals surface area contributed by atoms with Crippen molar-refractivity contribution in [1.29, 1.82) is 0 Å². The highest BCUT2D eigenvalue weighted by Crippen LogP contribution is 2.26. The van der Waals surface area contributed by atoms with Gasteiger partial charge in [0, 0.05) is 18.3 Å². The van der Waals surface area contributed by atoms with E-state index in [0.717, 1.165) is 17.3 Å². The Kier molecular flexibility index (Phi) is 4.58. The minimum Gasteiger partial charge on any atom is -0.308 e. The summed E-state index contributed by atoms with van der Waals surface area (Å²) in [5.41, 5.74) is 0. The van der Waals surface area contributed by atoms with E-state index >= 15 is 0 Å². The number of carbonyl (C=O) groups excluding carboxylic acids is 1. The van der Waals surface area contributed by atoms with E-state index in [0.29, 0.717) is 17.9 Å².